The lowest BCUT2D eigenvalue weighted by Gasteiger charge is -2.35. The van der Waals surface area contributed by atoms with Crippen LogP contribution in [0, 0.1) is 0 Å². The van der Waals surface area contributed by atoms with E-state index in [4.69, 9.17) is 4.74 Å². The zero-order valence-electron chi connectivity index (χ0n) is 19.5. The van der Waals surface area contributed by atoms with E-state index in [-0.39, 0.29) is 18.1 Å². The van der Waals surface area contributed by atoms with Gasteiger partial charge in [0.05, 0.1) is 18.4 Å². The van der Waals surface area contributed by atoms with E-state index in [1.54, 1.807) is 0 Å². The number of morpholine rings is 1. The van der Waals surface area contributed by atoms with E-state index in [0.29, 0.717) is 25.6 Å². The zero-order valence-corrected chi connectivity index (χ0v) is 19.5. The number of ether oxygens (including phenoxy) is 1. The molecule has 172 valence electrons. The van der Waals surface area contributed by atoms with Crippen molar-refractivity contribution >= 4 is 11.9 Å². The first-order valence-electron chi connectivity index (χ1n) is 11.4. The van der Waals surface area contributed by atoms with Crippen LogP contribution in [-0.2, 0) is 18.3 Å². The summed E-state index contributed by atoms with van der Waals surface area (Å²) in [5.74, 6) is 1.46. The topological polar surface area (TPSA) is 75.0 Å². The number of benzene rings is 1. The SMILES string of the molecule is CN=C(NCc1ccc(C(=O)N2CC(C)OC(C)C2)cc1)N1CCC(c2cnn(C)c2)C1. The highest BCUT2D eigenvalue weighted by molar-refractivity contribution is 5.94. The molecule has 2 fully saturated rings. The van der Waals surface area contributed by atoms with Crippen LogP contribution in [0.5, 0.6) is 0 Å². The number of amides is 1. The Kier molecular flexibility index (Phi) is 6.79. The first-order valence-corrected chi connectivity index (χ1v) is 11.4. The summed E-state index contributed by atoms with van der Waals surface area (Å²) >= 11 is 0. The highest BCUT2D eigenvalue weighted by Gasteiger charge is 2.28. The smallest absolute Gasteiger partial charge is 0.254 e. The van der Waals surface area contributed by atoms with E-state index in [1.807, 2.05) is 68.0 Å². The maximum atomic E-state index is 12.9. The van der Waals surface area contributed by atoms with Gasteiger partial charge >= 0.3 is 0 Å². The number of nitrogens with zero attached hydrogens (tertiary/aromatic N) is 5. The van der Waals surface area contributed by atoms with Crippen LogP contribution >= 0.6 is 0 Å². The Morgan fingerprint density at radius 1 is 1.16 bits per heavy atom. The molecule has 0 aliphatic carbocycles. The van der Waals surface area contributed by atoms with Gasteiger partial charge in [0, 0.05) is 64.5 Å². The molecule has 0 radical (unpaired) electrons. The van der Waals surface area contributed by atoms with E-state index in [2.05, 4.69) is 26.5 Å². The van der Waals surface area contributed by atoms with Gasteiger partial charge in [-0.3, -0.25) is 14.5 Å². The molecule has 32 heavy (non-hydrogen) atoms. The predicted molar refractivity (Wildman–Crippen MR) is 125 cm³/mol. The van der Waals surface area contributed by atoms with Crippen molar-refractivity contribution < 1.29 is 9.53 Å². The molecule has 3 unspecified atom stereocenters. The van der Waals surface area contributed by atoms with Crippen LogP contribution in [0.4, 0.5) is 0 Å². The van der Waals surface area contributed by atoms with Gasteiger partial charge in [0.1, 0.15) is 0 Å². The molecule has 0 saturated carbocycles. The standard InChI is InChI=1S/C24H34N6O2/c1-17-13-30(14-18(2)32-17)23(31)20-7-5-19(6-8-20)11-26-24(25-3)29-10-9-21(16-29)22-12-27-28(4)15-22/h5-8,12,15,17-18,21H,9-11,13-14,16H2,1-4H3,(H,25,26). The molecule has 1 N–H and O–H groups in total. The van der Waals surface area contributed by atoms with Gasteiger partial charge < -0.3 is 19.9 Å². The molecule has 0 bridgehead atoms. The fraction of sp³-hybridized carbons (Fsp3) is 0.542. The van der Waals surface area contributed by atoms with E-state index in [1.165, 1.54) is 5.56 Å². The van der Waals surface area contributed by atoms with Crippen molar-refractivity contribution in [3.63, 3.8) is 0 Å². The molecule has 8 heteroatoms. The average Bonchev–Trinajstić information content (AvgIpc) is 3.43. The van der Waals surface area contributed by atoms with Gasteiger partial charge in [-0.2, -0.15) is 5.10 Å². The first-order chi connectivity index (χ1) is 15.4. The Hall–Kier alpha value is -2.87. The van der Waals surface area contributed by atoms with Crippen LogP contribution < -0.4 is 5.32 Å². The maximum absolute atomic E-state index is 12.9. The summed E-state index contributed by atoms with van der Waals surface area (Å²) in [6.07, 6.45) is 5.31. The van der Waals surface area contributed by atoms with Crippen LogP contribution in [0.2, 0.25) is 0 Å². The molecule has 2 aliphatic heterocycles. The molecule has 1 amide bonds. The van der Waals surface area contributed by atoms with Crippen molar-refractivity contribution in [3.05, 3.63) is 53.3 Å². The van der Waals surface area contributed by atoms with E-state index < -0.39 is 0 Å². The normalized spacial score (nSPS) is 24.1. The van der Waals surface area contributed by atoms with Crippen molar-refractivity contribution in [2.45, 2.75) is 44.9 Å². The lowest BCUT2D eigenvalue weighted by atomic mass is 10.0. The number of carbonyl (C=O) groups is 1. The fourth-order valence-electron chi connectivity index (χ4n) is 4.68. The van der Waals surface area contributed by atoms with Crippen molar-refractivity contribution in [3.8, 4) is 0 Å². The van der Waals surface area contributed by atoms with Crippen molar-refractivity contribution in [1.82, 2.24) is 24.9 Å². The number of guanidine groups is 1. The summed E-state index contributed by atoms with van der Waals surface area (Å²) in [4.78, 5) is 21.5. The summed E-state index contributed by atoms with van der Waals surface area (Å²) in [6.45, 7) is 7.88. The Labute approximate surface area is 190 Å². The van der Waals surface area contributed by atoms with Crippen LogP contribution in [0.15, 0.2) is 41.7 Å². The number of carbonyl (C=O) groups excluding carboxylic acids is 1. The molecule has 3 atom stereocenters. The number of hydrogen-bond acceptors (Lipinski definition) is 4. The van der Waals surface area contributed by atoms with E-state index in [9.17, 15) is 4.79 Å². The lowest BCUT2D eigenvalue weighted by Crippen LogP contribution is -2.48. The Morgan fingerprint density at radius 2 is 1.88 bits per heavy atom. The second-order valence-corrected chi connectivity index (χ2v) is 8.94. The van der Waals surface area contributed by atoms with Crippen molar-refractivity contribution in [2.75, 3.05) is 33.2 Å². The monoisotopic (exact) mass is 438 g/mol. The highest BCUT2D eigenvalue weighted by Crippen LogP contribution is 2.26. The third kappa shape index (κ3) is 5.12. The van der Waals surface area contributed by atoms with Crippen LogP contribution in [0.1, 0.15) is 47.7 Å². The summed E-state index contributed by atoms with van der Waals surface area (Å²) in [5, 5.41) is 7.77. The summed E-state index contributed by atoms with van der Waals surface area (Å²) < 4.78 is 7.60. The number of hydrogen-bond donors (Lipinski definition) is 1. The third-order valence-electron chi connectivity index (χ3n) is 6.25. The minimum absolute atomic E-state index is 0.0702. The average molecular weight is 439 g/mol. The highest BCUT2D eigenvalue weighted by atomic mass is 16.5. The van der Waals surface area contributed by atoms with Crippen LogP contribution in [0.3, 0.4) is 0 Å². The number of aliphatic imine (C=N–C) groups is 1. The number of rotatable bonds is 4. The first kappa shape index (κ1) is 22.3. The fourth-order valence-corrected chi connectivity index (χ4v) is 4.68. The lowest BCUT2D eigenvalue weighted by molar-refractivity contribution is -0.0586. The molecule has 2 aromatic rings. The molecular formula is C24H34N6O2. The molecular weight excluding hydrogens is 404 g/mol. The van der Waals surface area contributed by atoms with Gasteiger partial charge in [0.2, 0.25) is 0 Å². The second-order valence-electron chi connectivity index (χ2n) is 8.94. The number of aryl methyl sites for hydroxylation is 1. The Morgan fingerprint density at radius 3 is 2.50 bits per heavy atom. The largest absolute Gasteiger partial charge is 0.372 e. The molecule has 2 aliphatic rings. The van der Waals surface area contributed by atoms with Gasteiger partial charge in [-0.15, -0.1) is 0 Å². The Balaban J connectivity index is 1.31. The number of aromatic nitrogens is 2. The van der Waals surface area contributed by atoms with Gasteiger partial charge in [0.15, 0.2) is 5.96 Å². The molecule has 0 spiro atoms. The molecule has 1 aromatic carbocycles. The molecule has 1 aromatic heterocycles. The summed E-state index contributed by atoms with van der Waals surface area (Å²) in [7, 11) is 3.78. The second kappa shape index (κ2) is 9.73. The quantitative estimate of drug-likeness (QED) is 0.585. The summed E-state index contributed by atoms with van der Waals surface area (Å²) in [5.41, 5.74) is 3.13. The van der Waals surface area contributed by atoms with Crippen molar-refractivity contribution in [1.29, 1.82) is 0 Å². The summed E-state index contributed by atoms with van der Waals surface area (Å²) in [6, 6.07) is 7.87. The van der Waals surface area contributed by atoms with Crippen LogP contribution in [0.25, 0.3) is 0 Å². The molecule has 2 saturated heterocycles. The minimum Gasteiger partial charge on any atom is -0.372 e. The van der Waals surface area contributed by atoms with Crippen LogP contribution in [-0.4, -0.2) is 76.9 Å². The van der Waals surface area contributed by atoms with E-state index in [0.717, 1.165) is 36.6 Å². The minimum atomic E-state index is 0.0702. The number of likely N-dealkylation sites (tertiary alicyclic amines) is 1. The predicted octanol–water partition coefficient (Wildman–Crippen LogP) is 2.23. The third-order valence-corrected chi connectivity index (χ3v) is 6.25. The Bertz CT molecular complexity index is 944. The zero-order chi connectivity index (χ0) is 22.7. The van der Waals surface area contributed by atoms with E-state index >= 15 is 0 Å². The molecule has 8 nitrogen and oxygen atoms in total. The van der Waals surface area contributed by atoms with Gasteiger partial charge in [0.25, 0.3) is 5.91 Å². The molecule has 3 heterocycles. The number of nitrogens with one attached hydrogen (secondary N) is 1. The van der Waals surface area contributed by atoms with Gasteiger partial charge in [-0.05, 0) is 43.5 Å². The van der Waals surface area contributed by atoms with Gasteiger partial charge in [-0.25, -0.2) is 0 Å². The van der Waals surface area contributed by atoms with Crippen molar-refractivity contribution in [2.24, 2.45) is 12.0 Å². The van der Waals surface area contributed by atoms with Gasteiger partial charge in [-0.1, -0.05) is 12.1 Å². The maximum Gasteiger partial charge on any atom is 0.254 e. The molecule has 4 rings (SSSR count).